The summed E-state index contributed by atoms with van der Waals surface area (Å²) in [7, 11) is 0. The molecule has 0 heterocycles. The van der Waals surface area contributed by atoms with Gasteiger partial charge in [-0.1, -0.05) is 240 Å². The van der Waals surface area contributed by atoms with Crippen LogP contribution in [0.25, 0.3) is 0 Å². The first-order chi connectivity index (χ1) is 34.5. The van der Waals surface area contributed by atoms with Crippen molar-refractivity contribution >= 4 is 17.9 Å². The quantitative estimate of drug-likeness (QED) is 0.0262. The van der Waals surface area contributed by atoms with Crippen LogP contribution in [0.1, 0.15) is 271 Å². The van der Waals surface area contributed by atoms with E-state index in [0.717, 1.165) is 141 Å². The van der Waals surface area contributed by atoms with Crippen LogP contribution in [0.4, 0.5) is 0 Å². The maximum Gasteiger partial charge on any atom is 0.306 e. The maximum atomic E-state index is 12.8. The van der Waals surface area contributed by atoms with Crippen molar-refractivity contribution in [1.29, 1.82) is 0 Å². The van der Waals surface area contributed by atoms with Gasteiger partial charge in [-0.3, -0.25) is 14.4 Å². The molecule has 400 valence electrons. The summed E-state index contributed by atoms with van der Waals surface area (Å²) in [6.45, 7) is 6.40. The molecule has 0 aromatic rings. The lowest BCUT2D eigenvalue weighted by Gasteiger charge is -2.18. The minimum absolute atomic E-state index is 0.0886. The zero-order chi connectivity index (χ0) is 50.7. The Balaban J connectivity index is 4.30. The molecule has 0 aromatic carbocycles. The van der Waals surface area contributed by atoms with Crippen LogP contribution in [0.5, 0.6) is 0 Å². The van der Waals surface area contributed by atoms with Crippen molar-refractivity contribution in [3.63, 3.8) is 0 Å². The van der Waals surface area contributed by atoms with Gasteiger partial charge < -0.3 is 14.2 Å². The lowest BCUT2D eigenvalue weighted by molar-refractivity contribution is -0.167. The van der Waals surface area contributed by atoms with E-state index in [9.17, 15) is 14.4 Å². The Morgan fingerprint density at radius 1 is 0.300 bits per heavy atom. The molecule has 0 saturated carbocycles. The van der Waals surface area contributed by atoms with Crippen molar-refractivity contribution in [2.24, 2.45) is 0 Å². The molecular formula is C64H108O6. The van der Waals surface area contributed by atoms with E-state index in [-0.39, 0.29) is 31.1 Å². The molecule has 6 heteroatoms. The monoisotopic (exact) mass is 973 g/mol. The summed E-state index contributed by atoms with van der Waals surface area (Å²) in [5, 5.41) is 0. The Kier molecular flexibility index (Phi) is 54.9. The molecule has 0 spiro atoms. The van der Waals surface area contributed by atoms with Crippen LogP contribution in [0, 0.1) is 0 Å². The normalized spacial score (nSPS) is 12.8. The van der Waals surface area contributed by atoms with Gasteiger partial charge in [0.15, 0.2) is 6.10 Å². The zero-order valence-electron chi connectivity index (χ0n) is 45.8. The van der Waals surface area contributed by atoms with Crippen LogP contribution in [-0.2, 0) is 28.6 Å². The van der Waals surface area contributed by atoms with Gasteiger partial charge in [-0.15, -0.1) is 0 Å². The molecular weight excluding hydrogens is 865 g/mol. The molecule has 0 rings (SSSR count). The van der Waals surface area contributed by atoms with Crippen molar-refractivity contribution in [3.05, 3.63) is 97.2 Å². The fraction of sp³-hybridized carbons (Fsp3) is 0.703. The number of carbonyl (C=O) groups excluding carboxylic acids is 3. The smallest absolute Gasteiger partial charge is 0.306 e. The largest absolute Gasteiger partial charge is 0.462 e. The van der Waals surface area contributed by atoms with Gasteiger partial charge in [0.1, 0.15) is 13.2 Å². The van der Waals surface area contributed by atoms with E-state index < -0.39 is 6.10 Å². The minimum Gasteiger partial charge on any atom is -0.462 e. The Bertz CT molecular complexity index is 1400. The van der Waals surface area contributed by atoms with Crippen LogP contribution in [-0.4, -0.2) is 37.2 Å². The average molecular weight is 974 g/mol. The third-order valence-corrected chi connectivity index (χ3v) is 12.3. The number of carbonyl (C=O) groups is 3. The van der Waals surface area contributed by atoms with E-state index in [0.29, 0.717) is 19.3 Å². The number of rotatable bonds is 52. The summed E-state index contributed by atoms with van der Waals surface area (Å²) in [5.41, 5.74) is 0. The SMILES string of the molecule is CC/C=C\C/C=C\C/C=C\C/C=C\CCCCCCCCCCCCCCC(=O)OCC(COC(=O)CCCCCCC/C=C\C/C=C\CCC)OC(=O)CCCCCCC/C=C\C/C=C\CCCC. The first-order valence-electron chi connectivity index (χ1n) is 29.2. The van der Waals surface area contributed by atoms with E-state index in [2.05, 4.69) is 118 Å². The Labute approximate surface area is 432 Å². The average Bonchev–Trinajstić information content (AvgIpc) is 3.36. The standard InChI is InChI=1S/C64H108O6/c1-4-7-10-13-16-19-22-25-27-28-29-30-31-32-33-34-35-36-37-40-42-45-48-51-54-57-63(66)69-60-61(59-68-62(65)56-53-50-47-44-41-38-24-21-18-15-12-9-6-3)70-64(67)58-55-52-49-46-43-39-26-23-20-17-14-11-8-5-2/h7,10,12,14-17,19,21,23-27,29-30,61H,4-6,8-9,11,13,18,20,22,28,31-60H2,1-3H3/b10-7-,15-12-,17-14-,19-16-,24-21-,26-23-,27-25-,30-29-. The first kappa shape index (κ1) is 66.3. The topological polar surface area (TPSA) is 78.9 Å². The molecule has 1 unspecified atom stereocenters. The third-order valence-electron chi connectivity index (χ3n) is 12.3. The molecule has 0 amide bonds. The van der Waals surface area contributed by atoms with Gasteiger partial charge in [-0.25, -0.2) is 0 Å². The van der Waals surface area contributed by atoms with Gasteiger partial charge in [0.25, 0.3) is 0 Å². The molecule has 0 aliphatic heterocycles. The highest BCUT2D eigenvalue weighted by atomic mass is 16.6. The fourth-order valence-electron chi connectivity index (χ4n) is 7.90. The number of hydrogen-bond acceptors (Lipinski definition) is 6. The van der Waals surface area contributed by atoms with E-state index in [1.165, 1.54) is 89.9 Å². The first-order valence-corrected chi connectivity index (χ1v) is 29.2. The molecule has 0 bridgehead atoms. The van der Waals surface area contributed by atoms with Crippen molar-refractivity contribution in [2.75, 3.05) is 13.2 Å². The van der Waals surface area contributed by atoms with Gasteiger partial charge in [0.05, 0.1) is 0 Å². The lowest BCUT2D eigenvalue weighted by Crippen LogP contribution is -2.30. The minimum atomic E-state index is -0.792. The lowest BCUT2D eigenvalue weighted by atomic mass is 10.0. The number of unbranched alkanes of at least 4 members (excludes halogenated alkanes) is 25. The maximum absolute atomic E-state index is 12.8. The van der Waals surface area contributed by atoms with E-state index in [4.69, 9.17) is 14.2 Å². The Hall–Kier alpha value is -3.67. The molecule has 0 fully saturated rings. The zero-order valence-corrected chi connectivity index (χ0v) is 45.8. The van der Waals surface area contributed by atoms with E-state index >= 15 is 0 Å². The van der Waals surface area contributed by atoms with Crippen LogP contribution in [0.2, 0.25) is 0 Å². The van der Waals surface area contributed by atoms with Gasteiger partial charge >= 0.3 is 17.9 Å². The second kappa shape index (κ2) is 57.9. The predicted molar refractivity (Wildman–Crippen MR) is 302 cm³/mol. The van der Waals surface area contributed by atoms with Gasteiger partial charge in [0.2, 0.25) is 0 Å². The Morgan fingerprint density at radius 3 is 0.929 bits per heavy atom. The van der Waals surface area contributed by atoms with Crippen molar-refractivity contribution in [1.82, 2.24) is 0 Å². The summed E-state index contributed by atoms with van der Waals surface area (Å²) in [4.78, 5) is 38.1. The van der Waals surface area contributed by atoms with Crippen LogP contribution in [0.3, 0.4) is 0 Å². The van der Waals surface area contributed by atoms with Crippen molar-refractivity contribution < 1.29 is 28.6 Å². The molecule has 0 aromatic heterocycles. The summed E-state index contributed by atoms with van der Waals surface area (Å²) in [5.74, 6) is -0.916. The number of allylic oxidation sites excluding steroid dienone is 16. The molecule has 70 heavy (non-hydrogen) atoms. The second-order valence-corrected chi connectivity index (χ2v) is 19.2. The van der Waals surface area contributed by atoms with Crippen molar-refractivity contribution in [2.45, 2.75) is 277 Å². The van der Waals surface area contributed by atoms with Gasteiger partial charge in [-0.05, 0) is 109 Å². The summed E-state index contributed by atoms with van der Waals surface area (Å²) in [6, 6.07) is 0. The van der Waals surface area contributed by atoms with Crippen LogP contribution in [0.15, 0.2) is 97.2 Å². The molecule has 0 radical (unpaired) electrons. The molecule has 0 aliphatic carbocycles. The van der Waals surface area contributed by atoms with E-state index in [1.807, 2.05) is 0 Å². The molecule has 0 N–H and O–H groups in total. The second-order valence-electron chi connectivity index (χ2n) is 19.2. The molecule has 1 atom stereocenters. The molecule has 6 nitrogen and oxygen atoms in total. The number of hydrogen-bond donors (Lipinski definition) is 0. The fourth-order valence-corrected chi connectivity index (χ4v) is 7.90. The third kappa shape index (κ3) is 55.3. The number of esters is 3. The predicted octanol–water partition coefficient (Wildman–Crippen LogP) is 19.7. The highest BCUT2D eigenvalue weighted by Gasteiger charge is 2.19. The Morgan fingerprint density at radius 2 is 0.586 bits per heavy atom. The molecule has 0 aliphatic rings. The summed E-state index contributed by atoms with van der Waals surface area (Å²) < 4.78 is 16.8. The van der Waals surface area contributed by atoms with Gasteiger partial charge in [-0.2, -0.15) is 0 Å². The van der Waals surface area contributed by atoms with E-state index in [1.54, 1.807) is 0 Å². The van der Waals surface area contributed by atoms with Crippen LogP contribution < -0.4 is 0 Å². The summed E-state index contributed by atoms with van der Waals surface area (Å²) in [6.07, 6.45) is 76.9. The number of ether oxygens (including phenoxy) is 3. The summed E-state index contributed by atoms with van der Waals surface area (Å²) >= 11 is 0. The highest BCUT2D eigenvalue weighted by molar-refractivity contribution is 5.71. The van der Waals surface area contributed by atoms with Crippen molar-refractivity contribution in [3.8, 4) is 0 Å². The highest BCUT2D eigenvalue weighted by Crippen LogP contribution is 2.15. The van der Waals surface area contributed by atoms with Crippen LogP contribution >= 0.6 is 0 Å². The molecule has 0 saturated heterocycles. The van der Waals surface area contributed by atoms with Gasteiger partial charge in [0, 0.05) is 19.3 Å².